The number of para-hydroxylation sites is 1. The molecule has 0 bridgehead atoms. The minimum Gasteiger partial charge on any atom is -0.313 e. The molecule has 0 aliphatic rings. The number of thioether (sulfide) groups is 1. The molecule has 3 aromatic rings. The van der Waals surface area contributed by atoms with Crippen LogP contribution in [0.3, 0.4) is 0 Å². The van der Waals surface area contributed by atoms with Crippen LogP contribution in [0, 0.1) is 12.8 Å². The fourth-order valence-corrected chi connectivity index (χ4v) is 3.70. The predicted molar refractivity (Wildman–Crippen MR) is 115 cm³/mol. The summed E-state index contributed by atoms with van der Waals surface area (Å²) in [5.41, 5.74) is 3.39. The maximum absolute atomic E-state index is 4.63. The van der Waals surface area contributed by atoms with Crippen LogP contribution in [0.5, 0.6) is 0 Å². The molecule has 28 heavy (non-hydrogen) atoms. The second-order valence-corrected chi connectivity index (χ2v) is 8.18. The Balaban J connectivity index is 1.49. The van der Waals surface area contributed by atoms with Crippen LogP contribution in [0.25, 0.3) is 5.69 Å². The molecule has 2 aromatic heterocycles. The number of hydrogen-bond donors (Lipinski definition) is 1. The van der Waals surface area contributed by atoms with Gasteiger partial charge in [0.25, 0.3) is 0 Å². The quantitative estimate of drug-likeness (QED) is 0.415. The molecule has 0 aliphatic heterocycles. The van der Waals surface area contributed by atoms with E-state index in [1.54, 1.807) is 11.8 Å². The number of nitrogens with one attached hydrogen (secondary N) is 1. The van der Waals surface area contributed by atoms with E-state index in [9.17, 15) is 0 Å². The van der Waals surface area contributed by atoms with Gasteiger partial charge in [-0.3, -0.25) is 0 Å². The Morgan fingerprint density at radius 1 is 1.14 bits per heavy atom. The van der Waals surface area contributed by atoms with E-state index in [1.165, 1.54) is 5.56 Å². The monoisotopic (exact) mass is 398 g/mol. The zero-order valence-corrected chi connectivity index (χ0v) is 18.0. The number of hydrogen-bond acceptors (Lipinski definition) is 5. The third-order valence-electron chi connectivity index (χ3n) is 4.61. The van der Waals surface area contributed by atoms with E-state index in [0.717, 1.165) is 54.8 Å². The van der Waals surface area contributed by atoms with Gasteiger partial charge in [-0.1, -0.05) is 43.8 Å². The summed E-state index contributed by atoms with van der Waals surface area (Å²) in [6, 6.07) is 10.2. The van der Waals surface area contributed by atoms with Gasteiger partial charge in [0.2, 0.25) is 0 Å². The molecule has 0 saturated heterocycles. The highest BCUT2D eigenvalue weighted by molar-refractivity contribution is 7.98. The Morgan fingerprint density at radius 2 is 1.93 bits per heavy atom. The van der Waals surface area contributed by atoms with Gasteiger partial charge in [0.1, 0.15) is 5.82 Å². The molecule has 1 N–H and O–H groups in total. The second-order valence-electron chi connectivity index (χ2n) is 7.41. The number of nitrogens with zero attached hydrogens (tertiary/aromatic N) is 5. The van der Waals surface area contributed by atoms with Crippen LogP contribution in [0.4, 0.5) is 0 Å². The van der Waals surface area contributed by atoms with E-state index in [0.29, 0.717) is 5.92 Å². The first kappa shape index (κ1) is 20.6. The van der Waals surface area contributed by atoms with Crippen molar-refractivity contribution in [3.05, 3.63) is 53.6 Å². The standard InChI is InChI=1S/C21H30N6S/c1-16(2)14-26-20(23-24-21(26)28-4)11-8-12-22-13-18-15-27(25-17(18)3)19-9-6-5-7-10-19/h5-7,9-10,15-16,22H,8,11-14H2,1-4H3. The third-order valence-corrected chi connectivity index (χ3v) is 5.28. The fourth-order valence-electron chi connectivity index (χ4n) is 3.18. The predicted octanol–water partition coefficient (Wildman–Crippen LogP) is 3.87. The Labute approximate surface area is 171 Å². The maximum Gasteiger partial charge on any atom is 0.190 e. The van der Waals surface area contributed by atoms with Crippen LogP contribution in [0.2, 0.25) is 0 Å². The first-order valence-corrected chi connectivity index (χ1v) is 11.1. The number of aryl methyl sites for hydroxylation is 2. The van der Waals surface area contributed by atoms with Crippen molar-refractivity contribution < 1.29 is 0 Å². The van der Waals surface area contributed by atoms with Gasteiger partial charge in [-0.25, -0.2) is 4.68 Å². The highest BCUT2D eigenvalue weighted by Gasteiger charge is 2.12. The molecule has 6 nitrogen and oxygen atoms in total. The molecule has 0 spiro atoms. The van der Waals surface area contributed by atoms with Crippen molar-refractivity contribution in [2.75, 3.05) is 12.8 Å². The van der Waals surface area contributed by atoms with Gasteiger partial charge in [-0.2, -0.15) is 5.10 Å². The highest BCUT2D eigenvalue weighted by atomic mass is 32.2. The lowest BCUT2D eigenvalue weighted by Gasteiger charge is -2.11. The molecule has 1 aromatic carbocycles. The molecule has 7 heteroatoms. The van der Waals surface area contributed by atoms with E-state index in [1.807, 2.05) is 22.9 Å². The molecule has 3 rings (SSSR count). The van der Waals surface area contributed by atoms with E-state index < -0.39 is 0 Å². The van der Waals surface area contributed by atoms with Gasteiger partial charge in [0, 0.05) is 31.3 Å². The summed E-state index contributed by atoms with van der Waals surface area (Å²) in [7, 11) is 0. The average Bonchev–Trinajstić information content (AvgIpc) is 3.25. The van der Waals surface area contributed by atoms with Gasteiger partial charge >= 0.3 is 0 Å². The van der Waals surface area contributed by atoms with Gasteiger partial charge in [0.05, 0.1) is 11.4 Å². The zero-order valence-electron chi connectivity index (χ0n) is 17.2. The Bertz CT molecular complexity index is 868. The molecule has 0 unspecified atom stereocenters. The van der Waals surface area contributed by atoms with Crippen LogP contribution in [0.15, 0.2) is 41.7 Å². The summed E-state index contributed by atoms with van der Waals surface area (Å²) in [5, 5.41) is 17.9. The van der Waals surface area contributed by atoms with Gasteiger partial charge in [-0.15, -0.1) is 10.2 Å². The van der Waals surface area contributed by atoms with Crippen molar-refractivity contribution in [3.8, 4) is 5.69 Å². The molecule has 0 aliphatic carbocycles. The Morgan fingerprint density at radius 3 is 2.64 bits per heavy atom. The molecule has 0 radical (unpaired) electrons. The average molecular weight is 399 g/mol. The zero-order chi connectivity index (χ0) is 19.9. The molecule has 0 saturated carbocycles. The van der Waals surface area contributed by atoms with Crippen LogP contribution in [-0.4, -0.2) is 37.3 Å². The van der Waals surface area contributed by atoms with Crippen molar-refractivity contribution in [1.82, 2.24) is 29.9 Å². The number of benzene rings is 1. The van der Waals surface area contributed by atoms with Gasteiger partial charge in [0.15, 0.2) is 5.16 Å². The van der Waals surface area contributed by atoms with Crippen molar-refractivity contribution in [1.29, 1.82) is 0 Å². The first-order valence-electron chi connectivity index (χ1n) is 9.85. The number of aromatic nitrogens is 5. The largest absolute Gasteiger partial charge is 0.313 e. The SMILES string of the molecule is CSc1nnc(CCCNCc2cn(-c3ccccc3)nc2C)n1CC(C)C. The fraction of sp³-hybridized carbons (Fsp3) is 0.476. The molecule has 0 fully saturated rings. The van der Waals surface area contributed by atoms with Crippen LogP contribution >= 0.6 is 11.8 Å². The lowest BCUT2D eigenvalue weighted by molar-refractivity contribution is 0.475. The summed E-state index contributed by atoms with van der Waals surface area (Å²) in [5.74, 6) is 1.68. The van der Waals surface area contributed by atoms with E-state index in [4.69, 9.17) is 0 Å². The molecule has 150 valence electrons. The summed E-state index contributed by atoms with van der Waals surface area (Å²) >= 11 is 1.67. The minimum absolute atomic E-state index is 0.586. The smallest absolute Gasteiger partial charge is 0.190 e. The minimum atomic E-state index is 0.586. The lowest BCUT2D eigenvalue weighted by atomic mass is 10.2. The summed E-state index contributed by atoms with van der Waals surface area (Å²) in [4.78, 5) is 0. The van der Waals surface area contributed by atoms with E-state index in [2.05, 4.69) is 70.5 Å². The summed E-state index contributed by atoms with van der Waals surface area (Å²) in [6.45, 7) is 9.27. The summed E-state index contributed by atoms with van der Waals surface area (Å²) in [6.07, 6.45) is 6.15. The Kier molecular flexibility index (Phi) is 7.28. The molecule has 0 atom stereocenters. The molecule has 2 heterocycles. The van der Waals surface area contributed by atoms with Gasteiger partial charge < -0.3 is 9.88 Å². The van der Waals surface area contributed by atoms with E-state index >= 15 is 0 Å². The first-order chi connectivity index (χ1) is 13.6. The van der Waals surface area contributed by atoms with E-state index in [-0.39, 0.29) is 0 Å². The second kappa shape index (κ2) is 9.89. The molecule has 0 amide bonds. The van der Waals surface area contributed by atoms with Crippen molar-refractivity contribution in [2.24, 2.45) is 5.92 Å². The maximum atomic E-state index is 4.63. The van der Waals surface area contributed by atoms with Crippen molar-refractivity contribution in [2.45, 2.75) is 51.9 Å². The van der Waals surface area contributed by atoms with Crippen LogP contribution in [0.1, 0.15) is 37.4 Å². The number of rotatable bonds is 10. The summed E-state index contributed by atoms with van der Waals surface area (Å²) < 4.78 is 4.22. The van der Waals surface area contributed by atoms with Crippen molar-refractivity contribution in [3.63, 3.8) is 0 Å². The Hall–Kier alpha value is -2.12. The topological polar surface area (TPSA) is 60.6 Å². The van der Waals surface area contributed by atoms with Crippen LogP contribution in [-0.2, 0) is 19.5 Å². The van der Waals surface area contributed by atoms with Crippen molar-refractivity contribution >= 4 is 11.8 Å². The third kappa shape index (κ3) is 5.23. The lowest BCUT2D eigenvalue weighted by Crippen LogP contribution is -2.17. The van der Waals surface area contributed by atoms with Crippen LogP contribution < -0.4 is 5.32 Å². The highest BCUT2D eigenvalue weighted by Crippen LogP contribution is 2.17. The van der Waals surface area contributed by atoms with Gasteiger partial charge in [-0.05, 0) is 44.2 Å². The molecular formula is C21H30N6S. The molecular weight excluding hydrogens is 368 g/mol. The normalized spacial score (nSPS) is 11.5.